The monoisotopic (exact) mass is 395 g/mol. The third-order valence-electron chi connectivity index (χ3n) is 3.94. The summed E-state index contributed by atoms with van der Waals surface area (Å²) in [4.78, 5) is 18.9. The van der Waals surface area contributed by atoms with Crippen LogP contribution in [0.25, 0.3) is 0 Å². The fourth-order valence-corrected chi connectivity index (χ4v) is 3.91. The van der Waals surface area contributed by atoms with E-state index in [1.165, 1.54) is 11.8 Å². The molecule has 5 nitrogen and oxygen atoms in total. The number of rotatable bonds is 8. The second-order valence-corrected chi connectivity index (χ2v) is 8.08. The summed E-state index contributed by atoms with van der Waals surface area (Å²) in [6, 6.07) is 7.93. The van der Waals surface area contributed by atoms with Crippen molar-refractivity contribution in [2.24, 2.45) is 0 Å². The van der Waals surface area contributed by atoms with Crippen molar-refractivity contribution in [1.82, 2.24) is 14.5 Å². The van der Waals surface area contributed by atoms with Crippen molar-refractivity contribution < 1.29 is 9.90 Å². The highest BCUT2D eigenvalue weighted by molar-refractivity contribution is 7.99. The Morgan fingerprint density at radius 1 is 1.23 bits per heavy atom. The van der Waals surface area contributed by atoms with E-state index in [1.807, 2.05) is 67.6 Å². The summed E-state index contributed by atoms with van der Waals surface area (Å²) < 4.78 is 1.96. The molecule has 0 saturated heterocycles. The molecular formula is C19H26ClN3O2S. The van der Waals surface area contributed by atoms with Crippen LogP contribution in [0.15, 0.2) is 35.6 Å². The molecule has 0 spiro atoms. The normalized spacial score (nSPS) is 11.4. The molecule has 0 saturated carbocycles. The largest absolute Gasteiger partial charge is 0.390 e. The fraction of sp³-hybridized carbons (Fsp3) is 0.474. The van der Waals surface area contributed by atoms with Crippen LogP contribution >= 0.6 is 23.4 Å². The summed E-state index contributed by atoms with van der Waals surface area (Å²) in [6.45, 7) is 8.57. The summed E-state index contributed by atoms with van der Waals surface area (Å²) in [5.41, 5.74) is 1.67. The van der Waals surface area contributed by atoms with Crippen molar-refractivity contribution in [3.8, 4) is 0 Å². The molecule has 1 N–H and O–H groups in total. The molecule has 7 heteroatoms. The molecule has 1 aromatic carbocycles. The van der Waals surface area contributed by atoms with Gasteiger partial charge in [0.05, 0.1) is 18.1 Å². The number of carbonyl (C=O) groups excluding carboxylic acids is 1. The minimum Gasteiger partial charge on any atom is -0.390 e. The molecule has 0 fully saturated rings. The molecule has 2 rings (SSSR count). The van der Waals surface area contributed by atoms with Crippen molar-refractivity contribution in [3.05, 3.63) is 46.7 Å². The van der Waals surface area contributed by atoms with Crippen LogP contribution < -0.4 is 0 Å². The summed E-state index contributed by atoms with van der Waals surface area (Å²) in [5.74, 6) is 0.408. The van der Waals surface area contributed by atoms with Crippen LogP contribution in [0.4, 0.5) is 0 Å². The Balaban J connectivity index is 2.12. The lowest BCUT2D eigenvalue weighted by atomic mass is 10.2. The summed E-state index contributed by atoms with van der Waals surface area (Å²) in [5, 5.41) is 10.8. The summed E-state index contributed by atoms with van der Waals surface area (Å²) >= 11 is 7.34. The maximum absolute atomic E-state index is 12.6. The Bertz CT molecular complexity index is 721. The minimum absolute atomic E-state index is 0.0894. The lowest BCUT2D eigenvalue weighted by Crippen LogP contribution is -2.43. The van der Waals surface area contributed by atoms with Gasteiger partial charge >= 0.3 is 0 Å². The predicted octanol–water partition coefficient (Wildman–Crippen LogP) is 3.81. The lowest BCUT2D eigenvalue weighted by molar-refractivity contribution is -0.131. The Morgan fingerprint density at radius 2 is 1.85 bits per heavy atom. The number of aliphatic hydroxyl groups excluding tert-OH is 1. The van der Waals surface area contributed by atoms with Gasteiger partial charge in [-0.2, -0.15) is 0 Å². The van der Waals surface area contributed by atoms with Gasteiger partial charge in [0.25, 0.3) is 0 Å². The van der Waals surface area contributed by atoms with Crippen molar-refractivity contribution in [3.63, 3.8) is 0 Å². The van der Waals surface area contributed by atoms with Crippen LogP contribution in [0.1, 0.15) is 39.0 Å². The first-order valence-electron chi connectivity index (χ1n) is 8.67. The zero-order chi connectivity index (χ0) is 19.3. The highest BCUT2D eigenvalue weighted by Gasteiger charge is 2.21. The Labute approximate surface area is 164 Å². The van der Waals surface area contributed by atoms with E-state index >= 15 is 0 Å². The van der Waals surface area contributed by atoms with Gasteiger partial charge in [-0.05, 0) is 45.4 Å². The molecule has 0 aliphatic rings. The number of aromatic nitrogens is 2. The molecule has 0 radical (unpaired) electrons. The van der Waals surface area contributed by atoms with Gasteiger partial charge < -0.3 is 14.6 Å². The fourth-order valence-electron chi connectivity index (χ4n) is 2.92. The van der Waals surface area contributed by atoms with E-state index in [-0.39, 0.29) is 24.6 Å². The van der Waals surface area contributed by atoms with Gasteiger partial charge in [-0.1, -0.05) is 35.5 Å². The SMILES string of the molecule is CC(C)N(C(=O)CSc1nc(CO)cn1Cc1ccc(Cl)cc1)C(C)C. The van der Waals surface area contributed by atoms with E-state index < -0.39 is 0 Å². The number of hydrogen-bond acceptors (Lipinski definition) is 4. The lowest BCUT2D eigenvalue weighted by Gasteiger charge is -2.30. The number of hydrogen-bond donors (Lipinski definition) is 1. The first-order valence-corrected chi connectivity index (χ1v) is 10.0. The standard InChI is InChI=1S/C19H26ClN3O2S/c1-13(2)23(14(3)4)18(25)12-26-19-21-17(11-24)10-22(19)9-15-5-7-16(20)8-6-15/h5-8,10,13-14,24H,9,11-12H2,1-4H3. The average Bonchev–Trinajstić information content (AvgIpc) is 2.96. The molecule has 2 aromatic rings. The maximum atomic E-state index is 12.6. The average molecular weight is 396 g/mol. The van der Waals surface area contributed by atoms with E-state index in [0.29, 0.717) is 23.0 Å². The second kappa shape index (κ2) is 9.44. The molecule has 0 bridgehead atoms. The molecule has 0 atom stereocenters. The third-order valence-corrected chi connectivity index (χ3v) is 5.17. The number of carbonyl (C=O) groups is 1. The van der Waals surface area contributed by atoms with Crippen molar-refractivity contribution >= 4 is 29.3 Å². The zero-order valence-electron chi connectivity index (χ0n) is 15.6. The number of amides is 1. The van der Waals surface area contributed by atoms with Crippen LogP contribution in [0.3, 0.4) is 0 Å². The van der Waals surface area contributed by atoms with Crippen LogP contribution in [-0.2, 0) is 17.9 Å². The maximum Gasteiger partial charge on any atom is 0.233 e. The third kappa shape index (κ3) is 5.50. The van der Waals surface area contributed by atoms with E-state index in [4.69, 9.17) is 11.6 Å². The number of thioether (sulfide) groups is 1. The highest BCUT2D eigenvalue weighted by atomic mass is 35.5. The van der Waals surface area contributed by atoms with Gasteiger partial charge in [-0.15, -0.1) is 0 Å². The van der Waals surface area contributed by atoms with Crippen LogP contribution in [0, 0.1) is 0 Å². The van der Waals surface area contributed by atoms with Gasteiger partial charge in [-0.3, -0.25) is 4.79 Å². The first-order chi connectivity index (χ1) is 12.3. The van der Waals surface area contributed by atoms with Gasteiger partial charge in [-0.25, -0.2) is 4.98 Å². The predicted molar refractivity (Wildman–Crippen MR) is 107 cm³/mol. The van der Waals surface area contributed by atoms with E-state index in [2.05, 4.69) is 4.98 Å². The van der Waals surface area contributed by atoms with Gasteiger partial charge in [0.2, 0.25) is 5.91 Å². The Morgan fingerprint density at radius 3 is 2.38 bits per heavy atom. The van der Waals surface area contributed by atoms with E-state index in [0.717, 1.165) is 10.7 Å². The topological polar surface area (TPSA) is 58.4 Å². The number of halogens is 1. The highest BCUT2D eigenvalue weighted by Crippen LogP contribution is 2.21. The first kappa shape index (κ1) is 20.8. The number of nitrogens with zero attached hydrogens (tertiary/aromatic N) is 3. The molecule has 1 amide bonds. The molecule has 142 valence electrons. The van der Waals surface area contributed by atoms with Crippen molar-refractivity contribution in [2.75, 3.05) is 5.75 Å². The van der Waals surface area contributed by atoms with Crippen molar-refractivity contribution in [2.45, 2.75) is 58.1 Å². The molecule has 0 aliphatic carbocycles. The molecule has 1 aromatic heterocycles. The van der Waals surface area contributed by atoms with Crippen molar-refractivity contribution in [1.29, 1.82) is 0 Å². The smallest absolute Gasteiger partial charge is 0.233 e. The van der Waals surface area contributed by atoms with E-state index in [1.54, 1.807) is 0 Å². The quantitative estimate of drug-likeness (QED) is 0.690. The van der Waals surface area contributed by atoms with Gasteiger partial charge in [0, 0.05) is 29.8 Å². The van der Waals surface area contributed by atoms with Gasteiger partial charge in [0.1, 0.15) is 0 Å². The van der Waals surface area contributed by atoms with E-state index in [9.17, 15) is 9.90 Å². The number of benzene rings is 1. The number of imidazole rings is 1. The second-order valence-electron chi connectivity index (χ2n) is 6.70. The molecule has 0 unspecified atom stereocenters. The van der Waals surface area contributed by atoms with Gasteiger partial charge in [0.15, 0.2) is 5.16 Å². The molecular weight excluding hydrogens is 370 g/mol. The van der Waals surface area contributed by atoms with Crippen LogP contribution in [0.2, 0.25) is 5.02 Å². The molecule has 0 aliphatic heterocycles. The minimum atomic E-state index is -0.126. The summed E-state index contributed by atoms with van der Waals surface area (Å²) in [7, 11) is 0. The molecule has 1 heterocycles. The molecule has 26 heavy (non-hydrogen) atoms. The van der Waals surface area contributed by atoms with Crippen LogP contribution in [0.5, 0.6) is 0 Å². The Hall–Kier alpha value is -1.50. The Kier molecular flexibility index (Phi) is 7.55. The number of aliphatic hydroxyl groups is 1. The zero-order valence-corrected chi connectivity index (χ0v) is 17.2. The summed E-state index contributed by atoms with van der Waals surface area (Å²) in [6.07, 6.45) is 1.82. The van der Waals surface area contributed by atoms with Crippen LogP contribution in [-0.4, -0.2) is 43.3 Å².